The van der Waals surface area contributed by atoms with E-state index in [1.807, 2.05) is 19.0 Å². The standard InChI is InChI=1S/C16H21F2N3O2S/c1-20(2)8-6-19-14(22)5-7-21-15(23)10-24-16(21)12-4-3-11(17)9-13(12)18/h3-4,9,16H,5-8,10H2,1-2H3,(H,19,22)/t16-/m0/s1. The zero-order chi connectivity index (χ0) is 17.7. The van der Waals surface area contributed by atoms with Crippen LogP contribution in [0.15, 0.2) is 18.2 Å². The van der Waals surface area contributed by atoms with Crippen LogP contribution in [0.1, 0.15) is 17.4 Å². The number of carbonyl (C=O) groups excluding carboxylic acids is 2. The summed E-state index contributed by atoms with van der Waals surface area (Å²) in [6.45, 7) is 1.47. The number of nitrogens with zero attached hydrogens (tertiary/aromatic N) is 2. The summed E-state index contributed by atoms with van der Waals surface area (Å²) in [5, 5.41) is 2.26. The average Bonchev–Trinajstić information content (AvgIpc) is 2.85. The van der Waals surface area contributed by atoms with Gasteiger partial charge in [0, 0.05) is 37.7 Å². The van der Waals surface area contributed by atoms with Gasteiger partial charge in [0.05, 0.1) is 5.75 Å². The Morgan fingerprint density at radius 1 is 1.42 bits per heavy atom. The third-order valence-corrected chi connectivity index (χ3v) is 4.90. The normalized spacial score (nSPS) is 17.6. The molecule has 1 aliphatic heterocycles. The second-order valence-electron chi connectivity index (χ2n) is 5.82. The number of hydrogen-bond acceptors (Lipinski definition) is 4. The molecule has 1 heterocycles. The molecule has 5 nitrogen and oxygen atoms in total. The van der Waals surface area contributed by atoms with E-state index in [1.165, 1.54) is 28.8 Å². The van der Waals surface area contributed by atoms with E-state index in [9.17, 15) is 18.4 Å². The van der Waals surface area contributed by atoms with Crippen molar-refractivity contribution in [2.45, 2.75) is 11.8 Å². The van der Waals surface area contributed by atoms with Crippen LogP contribution in [0.3, 0.4) is 0 Å². The molecule has 1 N–H and O–H groups in total. The molecule has 2 amide bonds. The van der Waals surface area contributed by atoms with E-state index in [2.05, 4.69) is 5.32 Å². The van der Waals surface area contributed by atoms with Crippen molar-refractivity contribution in [1.82, 2.24) is 15.1 Å². The summed E-state index contributed by atoms with van der Waals surface area (Å²) < 4.78 is 27.0. The molecule has 8 heteroatoms. The van der Waals surface area contributed by atoms with Gasteiger partial charge < -0.3 is 15.1 Å². The van der Waals surface area contributed by atoms with Crippen molar-refractivity contribution in [1.29, 1.82) is 0 Å². The molecule has 0 saturated carbocycles. The van der Waals surface area contributed by atoms with Gasteiger partial charge in [0.1, 0.15) is 17.0 Å². The molecule has 2 rings (SSSR count). The summed E-state index contributed by atoms with van der Waals surface area (Å²) in [6.07, 6.45) is 0.152. The van der Waals surface area contributed by atoms with Crippen molar-refractivity contribution in [2.24, 2.45) is 0 Å². The van der Waals surface area contributed by atoms with E-state index in [-0.39, 0.29) is 36.1 Å². The number of rotatable bonds is 7. The highest BCUT2D eigenvalue weighted by Gasteiger charge is 2.34. The largest absolute Gasteiger partial charge is 0.355 e. The molecule has 0 spiro atoms. The first-order chi connectivity index (χ1) is 11.4. The Labute approximate surface area is 144 Å². The van der Waals surface area contributed by atoms with E-state index >= 15 is 0 Å². The molecule has 24 heavy (non-hydrogen) atoms. The Hall–Kier alpha value is -1.67. The SMILES string of the molecule is CN(C)CCNC(=O)CCN1C(=O)CS[C@H]1c1ccc(F)cc1F. The third kappa shape index (κ3) is 4.91. The fraction of sp³-hybridized carbons (Fsp3) is 0.500. The molecule has 132 valence electrons. The smallest absolute Gasteiger partial charge is 0.233 e. The van der Waals surface area contributed by atoms with Crippen molar-refractivity contribution in [3.8, 4) is 0 Å². The fourth-order valence-electron chi connectivity index (χ4n) is 2.38. The number of nitrogens with one attached hydrogen (secondary N) is 1. The molecule has 0 aromatic heterocycles. The zero-order valence-corrected chi connectivity index (χ0v) is 14.5. The number of halogens is 2. The van der Waals surface area contributed by atoms with Gasteiger partial charge in [-0.1, -0.05) is 6.07 Å². The van der Waals surface area contributed by atoms with Crippen LogP contribution >= 0.6 is 11.8 Å². The molecule has 1 aliphatic rings. The van der Waals surface area contributed by atoms with Crippen LogP contribution in [0.2, 0.25) is 0 Å². The molecular formula is C16H21F2N3O2S. The minimum atomic E-state index is -0.678. The number of likely N-dealkylation sites (N-methyl/N-ethyl adjacent to an activating group) is 1. The molecule has 0 unspecified atom stereocenters. The maximum atomic E-state index is 14.0. The van der Waals surface area contributed by atoms with Crippen LogP contribution in [-0.2, 0) is 9.59 Å². The van der Waals surface area contributed by atoms with E-state index in [4.69, 9.17) is 0 Å². The van der Waals surface area contributed by atoms with Crippen molar-refractivity contribution in [3.05, 3.63) is 35.4 Å². The summed E-state index contributed by atoms with van der Waals surface area (Å²) in [7, 11) is 3.82. The lowest BCUT2D eigenvalue weighted by atomic mass is 10.2. The quantitative estimate of drug-likeness (QED) is 0.806. The van der Waals surface area contributed by atoms with Crippen LogP contribution < -0.4 is 5.32 Å². The number of thioether (sulfide) groups is 1. The van der Waals surface area contributed by atoms with E-state index in [0.717, 1.165) is 12.6 Å². The first-order valence-electron chi connectivity index (χ1n) is 7.66. The van der Waals surface area contributed by atoms with Crippen molar-refractivity contribution < 1.29 is 18.4 Å². The number of benzene rings is 1. The summed E-state index contributed by atoms with van der Waals surface area (Å²) in [5.74, 6) is -1.40. The van der Waals surface area contributed by atoms with Gasteiger partial charge in [0.15, 0.2) is 0 Å². The Balaban J connectivity index is 1.94. The van der Waals surface area contributed by atoms with Gasteiger partial charge >= 0.3 is 0 Å². The Morgan fingerprint density at radius 3 is 2.83 bits per heavy atom. The molecule has 0 radical (unpaired) electrons. The highest BCUT2D eigenvalue weighted by Crippen LogP contribution is 2.39. The van der Waals surface area contributed by atoms with Gasteiger partial charge in [0.2, 0.25) is 11.8 Å². The van der Waals surface area contributed by atoms with Crippen molar-refractivity contribution in [2.75, 3.05) is 39.5 Å². The third-order valence-electron chi connectivity index (χ3n) is 3.66. The molecule has 1 fully saturated rings. The molecule has 0 bridgehead atoms. The van der Waals surface area contributed by atoms with E-state index in [0.29, 0.717) is 6.54 Å². The van der Waals surface area contributed by atoms with Gasteiger partial charge in [-0.25, -0.2) is 8.78 Å². The summed E-state index contributed by atoms with van der Waals surface area (Å²) in [5.41, 5.74) is 0.264. The fourth-order valence-corrected chi connectivity index (χ4v) is 3.62. The lowest BCUT2D eigenvalue weighted by Gasteiger charge is -2.24. The van der Waals surface area contributed by atoms with E-state index in [1.54, 1.807) is 0 Å². The molecule has 1 aromatic rings. The summed E-state index contributed by atoms with van der Waals surface area (Å²) in [6, 6.07) is 3.34. The highest BCUT2D eigenvalue weighted by molar-refractivity contribution is 8.00. The Bertz CT molecular complexity index is 613. The predicted octanol–water partition coefficient (Wildman–Crippen LogP) is 1.61. The van der Waals surface area contributed by atoms with Crippen molar-refractivity contribution >= 4 is 23.6 Å². The van der Waals surface area contributed by atoms with Crippen LogP contribution in [0, 0.1) is 11.6 Å². The van der Waals surface area contributed by atoms with Crippen LogP contribution in [-0.4, -0.2) is 61.1 Å². The monoisotopic (exact) mass is 357 g/mol. The maximum absolute atomic E-state index is 14.0. The molecule has 1 atom stereocenters. The Kier molecular flexibility index (Phi) is 6.56. The first-order valence-corrected chi connectivity index (χ1v) is 8.71. The first kappa shape index (κ1) is 18.7. The number of hydrogen-bond donors (Lipinski definition) is 1. The Morgan fingerprint density at radius 2 is 2.17 bits per heavy atom. The number of carbonyl (C=O) groups is 2. The maximum Gasteiger partial charge on any atom is 0.233 e. The number of amides is 2. The minimum absolute atomic E-state index is 0.144. The van der Waals surface area contributed by atoms with Gasteiger partial charge in [0.25, 0.3) is 0 Å². The van der Waals surface area contributed by atoms with Gasteiger partial charge in [-0.05, 0) is 20.2 Å². The second kappa shape index (κ2) is 8.43. The average molecular weight is 357 g/mol. The van der Waals surface area contributed by atoms with Gasteiger partial charge in [-0.15, -0.1) is 11.8 Å². The highest BCUT2D eigenvalue weighted by atomic mass is 32.2. The molecule has 1 saturated heterocycles. The summed E-state index contributed by atoms with van der Waals surface area (Å²) >= 11 is 1.28. The van der Waals surface area contributed by atoms with Gasteiger partial charge in [-0.2, -0.15) is 0 Å². The van der Waals surface area contributed by atoms with Crippen LogP contribution in [0.4, 0.5) is 8.78 Å². The second-order valence-corrected chi connectivity index (χ2v) is 6.89. The molecular weight excluding hydrogens is 336 g/mol. The lowest BCUT2D eigenvalue weighted by Crippen LogP contribution is -2.35. The predicted molar refractivity (Wildman–Crippen MR) is 89.5 cm³/mol. The topological polar surface area (TPSA) is 52.7 Å². The molecule has 1 aromatic carbocycles. The lowest BCUT2D eigenvalue weighted by molar-refractivity contribution is -0.129. The summed E-state index contributed by atoms with van der Waals surface area (Å²) in [4.78, 5) is 27.3. The minimum Gasteiger partial charge on any atom is -0.355 e. The van der Waals surface area contributed by atoms with Crippen molar-refractivity contribution in [3.63, 3.8) is 0 Å². The van der Waals surface area contributed by atoms with E-state index < -0.39 is 17.0 Å². The molecule has 0 aliphatic carbocycles. The van der Waals surface area contributed by atoms with Crippen LogP contribution in [0.25, 0.3) is 0 Å². The van der Waals surface area contributed by atoms with Gasteiger partial charge in [-0.3, -0.25) is 9.59 Å². The van der Waals surface area contributed by atoms with Crippen LogP contribution in [0.5, 0.6) is 0 Å². The zero-order valence-electron chi connectivity index (χ0n) is 13.7.